The van der Waals surface area contributed by atoms with Crippen molar-refractivity contribution >= 4 is 11.0 Å². The Morgan fingerprint density at radius 2 is 1.67 bits per heavy atom. The molecule has 0 aliphatic heterocycles. The summed E-state index contributed by atoms with van der Waals surface area (Å²) in [5.41, 5.74) is 7.06. The Hall–Kier alpha value is -2.09. The van der Waals surface area contributed by atoms with Gasteiger partial charge in [-0.05, 0) is 44.5 Å². The van der Waals surface area contributed by atoms with E-state index >= 15 is 0 Å². The molecule has 2 nitrogen and oxygen atoms in total. The number of imidazole rings is 1. The summed E-state index contributed by atoms with van der Waals surface area (Å²) in [4.78, 5) is 8.11. The van der Waals surface area contributed by atoms with Crippen molar-refractivity contribution in [3.8, 4) is 11.4 Å². The van der Waals surface area contributed by atoms with Crippen LogP contribution in [0.5, 0.6) is 0 Å². The van der Waals surface area contributed by atoms with Crippen LogP contribution in [-0.2, 0) is 0 Å². The highest BCUT2D eigenvalue weighted by molar-refractivity contribution is 5.82. The van der Waals surface area contributed by atoms with Crippen LogP contribution in [0.1, 0.15) is 16.7 Å². The average Bonchev–Trinajstić information content (AvgIpc) is 2.73. The lowest BCUT2D eigenvalue weighted by molar-refractivity contribution is 1.30. The van der Waals surface area contributed by atoms with Crippen molar-refractivity contribution in [1.29, 1.82) is 0 Å². The number of aryl methyl sites for hydroxylation is 3. The van der Waals surface area contributed by atoms with Crippen molar-refractivity contribution in [3.63, 3.8) is 0 Å². The second-order valence-corrected chi connectivity index (χ2v) is 4.93. The minimum absolute atomic E-state index is 0.950. The Kier molecular flexibility index (Phi) is 2.44. The topological polar surface area (TPSA) is 28.7 Å². The molecule has 0 aliphatic rings. The minimum atomic E-state index is 0.950. The van der Waals surface area contributed by atoms with Crippen LogP contribution in [0.3, 0.4) is 0 Å². The van der Waals surface area contributed by atoms with E-state index < -0.39 is 0 Å². The summed E-state index contributed by atoms with van der Waals surface area (Å²) in [6, 6.07) is 12.7. The van der Waals surface area contributed by atoms with E-state index in [1.165, 1.54) is 16.7 Å². The molecule has 0 saturated carbocycles. The van der Waals surface area contributed by atoms with Crippen LogP contribution >= 0.6 is 0 Å². The summed E-state index contributed by atoms with van der Waals surface area (Å²) in [6.07, 6.45) is 0. The SMILES string of the molecule is Cc1cc(C)cc(-c2nc3c(C)cccc3[nH]2)c1. The highest BCUT2D eigenvalue weighted by Gasteiger charge is 2.07. The van der Waals surface area contributed by atoms with Crippen molar-refractivity contribution < 1.29 is 0 Å². The van der Waals surface area contributed by atoms with E-state index in [1.54, 1.807) is 0 Å². The Morgan fingerprint density at radius 1 is 0.944 bits per heavy atom. The molecule has 0 saturated heterocycles. The predicted octanol–water partition coefficient (Wildman–Crippen LogP) is 4.16. The van der Waals surface area contributed by atoms with Gasteiger partial charge in [-0.25, -0.2) is 4.98 Å². The van der Waals surface area contributed by atoms with Crippen molar-refractivity contribution in [2.24, 2.45) is 0 Å². The summed E-state index contributed by atoms with van der Waals surface area (Å²) in [5.74, 6) is 0.950. The van der Waals surface area contributed by atoms with Crippen molar-refractivity contribution in [2.75, 3.05) is 0 Å². The van der Waals surface area contributed by atoms with Gasteiger partial charge in [-0.3, -0.25) is 0 Å². The normalized spacial score (nSPS) is 11.1. The van der Waals surface area contributed by atoms with Gasteiger partial charge in [-0.1, -0.05) is 29.3 Å². The Labute approximate surface area is 107 Å². The fourth-order valence-electron chi connectivity index (χ4n) is 2.42. The standard InChI is InChI=1S/C16H16N2/c1-10-7-11(2)9-13(8-10)16-17-14-6-4-5-12(3)15(14)18-16/h4-9H,1-3H3,(H,17,18). The second-order valence-electron chi connectivity index (χ2n) is 4.93. The molecule has 0 aliphatic carbocycles. The van der Waals surface area contributed by atoms with Crippen LogP contribution in [0.2, 0.25) is 0 Å². The smallest absolute Gasteiger partial charge is 0.138 e. The van der Waals surface area contributed by atoms with Gasteiger partial charge >= 0.3 is 0 Å². The molecule has 2 aromatic carbocycles. The molecule has 1 N–H and O–H groups in total. The van der Waals surface area contributed by atoms with E-state index in [1.807, 2.05) is 0 Å². The van der Waals surface area contributed by atoms with Crippen LogP contribution in [0.4, 0.5) is 0 Å². The Morgan fingerprint density at radius 3 is 2.33 bits per heavy atom. The number of aromatic amines is 1. The van der Waals surface area contributed by atoms with Crippen molar-refractivity contribution in [3.05, 3.63) is 53.1 Å². The first kappa shape index (κ1) is 11.0. The number of nitrogens with zero attached hydrogens (tertiary/aromatic N) is 1. The largest absolute Gasteiger partial charge is 0.338 e. The summed E-state index contributed by atoms with van der Waals surface area (Å²) in [6.45, 7) is 6.32. The van der Waals surface area contributed by atoms with Crippen LogP contribution in [0, 0.1) is 20.8 Å². The van der Waals surface area contributed by atoms with Gasteiger partial charge in [0, 0.05) is 5.56 Å². The number of fused-ring (bicyclic) bond motifs is 1. The number of aromatic nitrogens is 2. The van der Waals surface area contributed by atoms with Crippen LogP contribution in [0.25, 0.3) is 22.4 Å². The molecule has 90 valence electrons. The molecule has 3 aromatic rings. The number of hydrogen-bond acceptors (Lipinski definition) is 1. The minimum Gasteiger partial charge on any atom is -0.338 e. The zero-order valence-corrected chi connectivity index (χ0v) is 10.9. The van der Waals surface area contributed by atoms with Gasteiger partial charge < -0.3 is 4.98 Å². The Bertz CT molecular complexity index is 703. The van der Waals surface area contributed by atoms with Crippen LogP contribution < -0.4 is 0 Å². The highest BCUT2D eigenvalue weighted by atomic mass is 14.9. The maximum atomic E-state index is 4.71. The maximum Gasteiger partial charge on any atom is 0.138 e. The third-order valence-corrected chi connectivity index (χ3v) is 3.21. The number of hydrogen-bond donors (Lipinski definition) is 1. The molecule has 0 spiro atoms. The first-order valence-corrected chi connectivity index (χ1v) is 6.17. The van der Waals surface area contributed by atoms with Gasteiger partial charge in [-0.15, -0.1) is 0 Å². The van der Waals surface area contributed by atoms with E-state index in [4.69, 9.17) is 4.98 Å². The molecule has 1 heterocycles. The number of benzene rings is 2. The highest BCUT2D eigenvalue weighted by Crippen LogP contribution is 2.24. The lowest BCUT2D eigenvalue weighted by atomic mass is 10.1. The zero-order chi connectivity index (χ0) is 12.7. The van der Waals surface area contributed by atoms with Crippen LogP contribution in [0.15, 0.2) is 36.4 Å². The number of nitrogens with one attached hydrogen (secondary N) is 1. The molecule has 0 bridgehead atoms. The number of H-pyrrole nitrogens is 1. The third kappa shape index (κ3) is 1.80. The predicted molar refractivity (Wildman–Crippen MR) is 75.7 cm³/mol. The van der Waals surface area contributed by atoms with E-state index in [2.05, 4.69) is 62.2 Å². The monoisotopic (exact) mass is 236 g/mol. The summed E-state index contributed by atoms with van der Waals surface area (Å²) in [7, 11) is 0. The second kappa shape index (κ2) is 3.98. The van der Waals surface area contributed by atoms with Gasteiger partial charge in [0.2, 0.25) is 0 Å². The van der Waals surface area contributed by atoms with Gasteiger partial charge in [-0.2, -0.15) is 0 Å². The van der Waals surface area contributed by atoms with E-state index in [0.717, 1.165) is 22.4 Å². The molecule has 0 radical (unpaired) electrons. The first-order chi connectivity index (χ1) is 8.63. The molecular weight excluding hydrogens is 220 g/mol. The average molecular weight is 236 g/mol. The van der Waals surface area contributed by atoms with Gasteiger partial charge in [0.1, 0.15) is 5.82 Å². The molecule has 0 fully saturated rings. The molecule has 18 heavy (non-hydrogen) atoms. The zero-order valence-electron chi connectivity index (χ0n) is 10.9. The third-order valence-electron chi connectivity index (χ3n) is 3.21. The van der Waals surface area contributed by atoms with Gasteiger partial charge in [0.05, 0.1) is 11.0 Å². The maximum absolute atomic E-state index is 4.71. The fraction of sp³-hybridized carbons (Fsp3) is 0.188. The first-order valence-electron chi connectivity index (χ1n) is 6.17. The Balaban J connectivity index is 2.22. The number of para-hydroxylation sites is 1. The summed E-state index contributed by atoms with van der Waals surface area (Å²) >= 11 is 0. The van der Waals surface area contributed by atoms with Crippen molar-refractivity contribution in [2.45, 2.75) is 20.8 Å². The molecule has 0 unspecified atom stereocenters. The molecule has 0 atom stereocenters. The lowest BCUT2D eigenvalue weighted by Crippen LogP contribution is -1.84. The number of rotatable bonds is 1. The molecule has 3 rings (SSSR count). The quantitative estimate of drug-likeness (QED) is 0.675. The summed E-state index contributed by atoms with van der Waals surface area (Å²) in [5, 5.41) is 0. The molecule has 2 heteroatoms. The molecule has 1 aromatic heterocycles. The molecular formula is C16H16N2. The van der Waals surface area contributed by atoms with Crippen molar-refractivity contribution in [1.82, 2.24) is 9.97 Å². The van der Waals surface area contributed by atoms with E-state index in [9.17, 15) is 0 Å². The fourth-order valence-corrected chi connectivity index (χ4v) is 2.42. The van der Waals surface area contributed by atoms with Crippen LogP contribution in [-0.4, -0.2) is 9.97 Å². The van der Waals surface area contributed by atoms with Gasteiger partial charge in [0.15, 0.2) is 0 Å². The summed E-state index contributed by atoms with van der Waals surface area (Å²) < 4.78 is 0. The van der Waals surface area contributed by atoms with E-state index in [-0.39, 0.29) is 0 Å². The molecule has 0 amide bonds. The lowest BCUT2D eigenvalue weighted by Gasteiger charge is -2.01. The van der Waals surface area contributed by atoms with Gasteiger partial charge in [0.25, 0.3) is 0 Å². The van der Waals surface area contributed by atoms with E-state index in [0.29, 0.717) is 0 Å².